The number of hydrogen-bond acceptors (Lipinski definition) is 3. The van der Waals surface area contributed by atoms with Gasteiger partial charge in [0, 0.05) is 23.6 Å². The largest absolute Gasteiger partial charge is 0.481 e. The van der Waals surface area contributed by atoms with Gasteiger partial charge in [-0.05, 0) is 12.1 Å². The summed E-state index contributed by atoms with van der Waals surface area (Å²) >= 11 is 0. The normalized spacial score (nSPS) is 10.8. The van der Waals surface area contributed by atoms with Crippen molar-refractivity contribution in [2.75, 3.05) is 7.11 Å². The lowest BCUT2D eigenvalue weighted by molar-refractivity contribution is 0.394. The van der Waals surface area contributed by atoms with Crippen molar-refractivity contribution in [3.05, 3.63) is 35.4 Å². The first kappa shape index (κ1) is 10.8. The van der Waals surface area contributed by atoms with Crippen molar-refractivity contribution in [3.63, 3.8) is 0 Å². The average molecular weight is 224 g/mol. The zero-order valence-electron chi connectivity index (χ0n) is 8.63. The van der Waals surface area contributed by atoms with Crippen molar-refractivity contribution in [1.82, 2.24) is 4.98 Å². The second-order valence-corrected chi connectivity index (χ2v) is 3.32. The van der Waals surface area contributed by atoms with E-state index in [2.05, 4.69) is 4.98 Å². The maximum atomic E-state index is 13.4. The van der Waals surface area contributed by atoms with Gasteiger partial charge in [0.15, 0.2) is 5.82 Å². The molecule has 2 rings (SSSR count). The molecule has 3 nitrogen and oxygen atoms in total. The summed E-state index contributed by atoms with van der Waals surface area (Å²) in [4.78, 5) is 3.96. The molecule has 0 fully saturated rings. The summed E-state index contributed by atoms with van der Waals surface area (Å²) in [6.07, 6.45) is 0. The van der Waals surface area contributed by atoms with Crippen molar-refractivity contribution in [2.24, 2.45) is 5.73 Å². The molecule has 1 heterocycles. The van der Waals surface area contributed by atoms with Crippen LogP contribution < -0.4 is 10.5 Å². The molecule has 0 saturated carbocycles. The zero-order valence-corrected chi connectivity index (χ0v) is 8.63. The molecule has 1 aromatic heterocycles. The minimum Gasteiger partial charge on any atom is -0.481 e. The highest BCUT2D eigenvalue weighted by Crippen LogP contribution is 2.24. The van der Waals surface area contributed by atoms with Gasteiger partial charge in [-0.2, -0.15) is 0 Å². The summed E-state index contributed by atoms with van der Waals surface area (Å²) in [5, 5.41) is 0.374. The quantitative estimate of drug-likeness (QED) is 0.848. The highest BCUT2D eigenvalue weighted by atomic mass is 19.1. The molecule has 0 spiro atoms. The summed E-state index contributed by atoms with van der Waals surface area (Å²) < 4.78 is 31.4. The predicted octanol–water partition coefficient (Wildman–Crippen LogP) is 1.98. The summed E-state index contributed by atoms with van der Waals surface area (Å²) in [7, 11) is 1.43. The van der Waals surface area contributed by atoms with Crippen LogP contribution in [0.1, 0.15) is 5.56 Å². The standard InChI is InChI=1S/C11H10F2N2O/c1-16-11-7(5-14)2-6-3-8(12)4-9(13)10(6)15-11/h2-4H,5,14H2,1H3. The van der Waals surface area contributed by atoms with Crippen LogP contribution in [-0.4, -0.2) is 12.1 Å². The zero-order chi connectivity index (χ0) is 11.7. The lowest BCUT2D eigenvalue weighted by Crippen LogP contribution is -2.02. The fourth-order valence-electron chi connectivity index (χ4n) is 1.56. The van der Waals surface area contributed by atoms with E-state index >= 15 is 0 Å². The number of rotatable bonds is 2. The van der Waals surface area contributed by atoms with E-state index < -0.39 is 11.6 Å². The van der Waals surface area contributed by atoms with Crippen molar-refractivity contribution in [3.8, 4) is 5.88 Å². The number of benzene rings is 1. The van der Waals surface area contributed by atoms with Gasteiger partial charge in [-0.1, -0.05) is 0 Å². The first-order valence-corrected chi connectivity index (χ1v) is 4.68. The molecule has 0 aliphatic rings. The number of ether oxygens (including phenoxy) is 1. The molecule has 0 bridgehead atoms. The van der Waals surface area contributed by atoms with Gasteiger partial charge in [-0.3, -0.25) is 0 Å². The Morgan fingerprint density at radius 1 is 1.31 bits per heavy atom. The summed E-state index contributed by atoms with van der Waals surface area (Å²) in [6.45, 7) is 0.199. The highest BCUT2D eigenvalue weighted by molar-refractivity contribution is 5.80. The van der Waals surface area contributed by atoms with Crippen molar-refractivity contribution >= 4 is 10.9 Å². The van der Waals surface area contributed by atoms with E-state index in [1.54, 1.807) is 6.07 Å². The minimum atomic E-state index is -0.711. The molecule has 84 valence electrons. The number of pyridine rings is 1. The monoisotopic (exact) mass is 224 g/mol. The first-order chi connectivity index (χ1) is 7.65. The molecule has 2 N–H and O–H groups in total. The van der Waals surface area contributed by atoms with Gasteiger partial charge < -0.3 is 10.5 Å². The molecule has 5 heteroatoms. The van der Waals surface area contributed by atoms with E-state index in [1.165, 1.54) is 13.2 Å². The fourth-order valence-corrected chi connectivity index (χ4v) is 1.56. The van der Waals surface area contributed by atoms with E-state index in [0.29, 0.717) is 10.9 Å². The average Bonchev–Trinajstić information content (AvgIpc) is 2.27. The fraction of sp³-hybridized carbons (Fsp3) is 0.182. The van der Waals surface area contributed by atoms with Crippen LogP contribution in [0, 0.1) is 11.6 Å². The Morgan fingerprint density at radius 2 is 2.06 bits per heavy atom. The van der Waals surface area contributed by atoms with Crippen LogP contribution in [0.4, 0.5) is 8.78 Å². The van der Waals surface area contributed by atoms with Crippen LogP contribution in [0.3, 0.4) is 0 Å². The second-order valence-electron chi connectivity index (χ2n) is 3.32. The van der Waals surface area contributed by atoms with Gasteiger partial charge >= 0.3 is 0 Å². The number of nitrogens with two attached hydrogens (primary N) is 1. The molecule has 0 aliphatic heterocycles. The minimum absolute atomic E-state index is 0.0791. The Morgan fingerprint density at radius 3 is 2.69 bits per heavy atom. The summed E-state index contributed by atoms with van der Waals surface area (Å²) in [5.74, 6) is -1.09. The van der Waals surface area contributed by atoms with Gasteiger partial charge in [-0.25, -0.2) is 13.8 Å². The lowest BCUT2D eigenvalue weighted by Gasteiger charge is -2.08. The molecule has 1 aromatic carbocycles. The smallest absolute Gasteiger partial charge is 0.218 e. The number of halogens is 2. The van der Waals surface area contributed by atoms with Crippen LogP contribution in [0.15, 0.2) is 18.2 Å². The predicted molar refractivity (Wildman–Crippen MR) is 56.1 cm³/mol. The van der Waals surface area contributed by atoms with E-state index in [1.807, 2.05) is 0 Å². The molecule has 0 atom stereocenters. The van der Waals surface area contributed by atoms with Crippen LogP contribution in [-0.2, 0) is 6.54 Å². The van der Waals surface area contributed by atoms with E-state index in [0.717, 1.165) is 6.07 Å². The number of nitrogens with zero attached hydrogens (tertiary/aromatic N) is 1. The van der Waals surface area contributed by atoms with Gasteiger partial charge in [0.25, 0.3) is 0 Å². The van der Waals surface area contributed by atoms with Gasteiger partial charge in [-0.15, -0.1) is 0 Å². The second kappa shape index (κ2) is 4.02. The van der Waals surface area contributed by atoms with Crippen LogP contribution in [0.5, 0.6) is 5.88 Å². The Bertz CT molecular complexity index is 543. The molecule has 0 unspecified atom stereocenters. The topological polar surface area (TPSA) is 48.1 Å². The molecule has 0 radical (unpaired) electrons. The number of fused-ring (bicyclic) bond motifs is 1. The summed E-state index contributed by atoms with van der Waals surface area (Å²) in [6, 6.07) is 3.58. The maximum absolute atomic E-state index is 13.4. The third-order valence-corrected chi connectivity index (χ3v) is 2.29. The molecule has 0 saturated heterocycles. The lowest BCUT2D eigenvalue weighted by atomic mass is 10.1. The van der Waals surface area contributed by atoms with Crippen LogP contribution in [0.25, 0.3) is 10.9 Å². The molecule has 2 aromatic rings. The molecular formula is C11H10F2N2O. The summed E-state index contributed by atoms with van der Waals surface area (Å²) in [5.41, 5.74) is 6.18. The van der Waals surface area contributed by atoms with E-state index in [9.17, 15) is 8.78 Å². The first-order valence-electron chi connectivity index (χ1n) is 4.68. The van der Waals surface area contributed by atoms with Gasteiger partial charge in [0.1, 0.15) is 11.3 Å². The Kier molecular flexibility index (Phi) is 2.70. The van der Waals surface area contributed by atoms with E-state index in [4.69, 9.17) is 10.5 Å². The third-order valence-electron chi connectivity index (χ3n) is 2.29. The van der Waals surface area contributed by atoms with Crippen molar-refractivity contribution < 1.29 is 13.5 Å². The third kappa shape index (κ3) is 1.69. The molecule has 0 aliphatic carbocycles. The van der Waals surface area contributed by atoms with E-state index in [-0.39, 0.29) is 17.9 Å². The number of aromatic nitrogens is 1. The highest BCUT2D eigenvalue weighted by Gasteiger charge is 2.10. The SMILES string of the molecule is COc1nc2c(F)cc(F)cc2cc1CN. The van der Waals surface area contributed by atoms with Gasteiger partial charge in [0.05, 0.1) is 7.11 Å². The van der Waals surface area contributed by atoms with Crippen molar-refractivity contribution in [2.45, 2.75) is 6.54 Å². The van der Waals surface area contributed by atoms with Crippen LogP contribution in [0.2, 0.25) is 0 Å². The Hall–Kier alpha value is -1.75. The molecule has 0 amide bonds. The van der Waals surface area contributed by atoms with Gasteiger partial charge in [0.2, 0.25) is 5.88 Å². The molecule has 16 heavy (non-hydrogen) atoms. The Labute approximate surface area is 90.8 Å². The number of hydrogen-bond donors (Lipinski definition) is 1. The van der Waals surface area contributed by atoms with Crippen molar-refractivity contribution in [1.29, 1.82) is 0 Å². The van der Waals surface area contributed by atoms with Crippen LogP contribution >= 0.6 is 0 Å². The number of methoxy groups -OCH3 is 1. The Balaban J connectivity index is 2.78. The molecular weight excluding hydrogens is 214 g/mol. The maximum Gasteiger partial charge on any atom is 0.218 e.